The highest BCUT2D eigenvalue weighted by Crippen LogP contribution is 2.21. The first-order valence-corrected chi connectivity index (χ1v) is 9.41. The highest BCUT2D eigenvalue weighted by molar-refractivity contribution is 5.94. The number of carbonyl (C=O) groups is 1. The van der Waals surface area contributed by atoms with Crippen molar-refractivity contribution >= 4 is 17.4 Å². The Balaban J connectivity index is 1.38. The minimum absolute atomic E-state index is 0.00641. The zero-order chi connectivity index (χ0) is 20.0. The second kappa shape index (κ2) is 6.73. The Hall–Kier alpha value is -3.69. The highest BCUT2D eigenvalue weighted by Gasteiger charge is 2.25. The Morgan fingerprint density at radius 1 is 1.07 bits per heavy atom. The zero-order valence-electron chi connectivity index (χ0n) is 16.2. The van der Waals surface area contributed by atoms with Gasteiger partial charge in [-0.15, -0.1) is 10.2 Å². The summed E-state index contributed by atoms with van der Waals surface area (Å²) in [6.07, 6.45) is 3.77. The number of pyridine rings is 1. The number of hydrogen-bond donors (Lipinski definition) is 0. The van der Waals surface area contributed by atoms with Crippen molar-refractivity contribution in [3.8, 4) is 11.5 Å². The number of amides is 1. The van der Waals surface area contributed by atoms with Gasteiger partial charge in [0.05, 0.1) is 11.3 Å². The van der Waals surface area contributed by atoms with Gasteiger partial charge in [0.2, 0.25) is 0 Å². The molecule has 4 aromatic heterocycles. The first-order valence-electron chi connectivity index (χ1n) is 9.41. The average Bonchev–Trinajstić information content (AvgIpc) is 3.46. The summed E-state index contributed by atoms with van der Waals surface area (Å²) in [5, 5.41) is 16.3. The lowest BCUT2D eigenvalue weighted by Gasteiger charge is -2.34. The van der Waals surface area contributed by atoms with E-state index in [1.807, 2.05) is 58.4 Å². The first kappa shape index (κ1) is 17.4. The lowest BCUT2D eigenvalue weighted by Crippen LogP contribution is -2.49. The Labute approximate surface area is 166 Å². The van der Waals surface area contributed by atoms with Gasteiger partial charge < -0.3 is 14.4 Å². The van der Waals surface area contributed by atoms with Gasteiger partial charge in [0.1, 0.15) is 5.69 Å². The van der Waals surface area contributed by atoms with Gasteiger partial charge in [-0.2, -0.15) is 0 Å². The fraction of sp³-hybridized carbons (Fsp3) is 0.316. The zero-order valence-corrected chi connectivity index (χ0v) is 16.2. The number of aryl methyl sites for hydroxylation is 2. The van der Waals surface area contributed by atoms with E-state index in [4.69, 9.17) is 4.63 Å². The summed E-state index contributed by atoms with van der Waals surface area (Å²) in [4.78, 5) is 17.0. The number of rotatable bonds is 3. The molecule has 4 aromatic rings. The predicted octanol–water partition coefficient (Wildman–Crippen LogP) is 1.39. The van der Waals surface area contributed by atoms with Crippen molar-refractivity contribution in [1.29, 1.82) is 0 Å². The van der Waals surface area contributed by atoms with Crippen LogP contribution in [0.1, 0.15) is 16.1 Å². The topological polar surface area (TPSA) is 97.6 Å². The molecule has 0 saturated carbocycles. The number of carbonyl (C=O) groups excluding carboxylic acids is 1. The molecular formula is C19H20N8O2. The summed E-state index contributed by atoms with van der Waals surface area (Å²) in [7, 11) is 1.96. The fourth-order valence-corrected chi connectivity index (χ4v) is 3.70. The van der Waals surface area contributed by atoms with Gasteiger partial charge in [0, 0.05) is 45.6 Å². The van der Waals surface area contributed by atoms with Gasteiger partial charge in [-0.05, 0) is 36.3 Å². The minimum Gasteiger partial charge on any atom is -0.349 e. The van der Waals surface area contributed by atoms with Gasteiger partial charge in [0.15, 0.2) is 17.3 Å². The van der Waals surface area contributed by atoms with E-state index in [0.29, 0.717) is 43.2 Å². The summed E-state index contributed by atoms with van der Waals surface area (Å²) in [5.74, 6) is 1.45. The van der Waals surface area contributed by atoms with Crippen LogP contribution in [0.4, 0.5) is 5.82 Å². The third kappa shape index (κ3) is 2.93. The Kier molecular flexibility index (Phi) is 4.04. The van der Waals surface area contributed by atoms with E-state index < -0.39 is 0 Å². The monoisotopic (exact) mass is 392 g/mol. The average molecular weight is 392 g/mol. The van der Waals surface area contributed by atoms with Crippen LogP contribution in [-0.2, 0) is 7.05 Å². The molecule has 1 fully saturated rings. The third-order valence-electron chi connectivity index (χ3n) is 5.32. The molecule has 29 heavy (non-hydrogen) atoms. The summed E-state index contributed by atoms with van der Waals surface area (Å²) >= 11 is 0. The van der Waals surface area contributed by atoms with Gasteiger partial charge in [-0.3, -0.25) is 9.20 Å². The van der Waals surface area contributed by atoms with Crippen LogP contribution in [0.3, 0.4) is 0 Å². The largest absolute Gasteiger partial charge is 0.349 e. The molecule has 0 bridgehead atoms. The van der Waals surface area contributed by atoms with E-state index in [2.05, 4.69) is 25.4 Å². The molecule has 0 aromatic carbocycles. The van der Waals surface area contributed by atoms with Crippen LogP contribution in [0, 0.1) is 6.92 Å². The number of aromatic nitrogens is 6. The highest BCUT2D eigenvalue weighted by atomic mass is 16.6. The summed E-state index contributed by atoms with van der Waals surface area (Å²) < 4.78 is 8.63. The molecule has 0 radical (unpaired) electrons. The molecule has 0 spiro atoms. The summed E-state index contributed by atoms with van der Waals surface area (Å²) in [5.41, 5.74) is 3.01. The van der Waals surface area contributed by atoms with E-state index in [9.17, 15) is 4.79 Å². The molecule has 1 aliphatic heterocycles. The number of nitrogens with zero attached hydrogens (tertiary/aromatic N) is 8. The van der Waals surface area contributed by atoms with Crippen LogP contribution in [0.5, 0.6) is 0 Å². The van der Waals surface area contributed by atoms with E-state index in [-0.39, 0.29) is 5.91 Å². The first-order chi connectivity index (χ1) is 14.1. The molecule has 10 heteroatoms. The van der Waals surface area contributed by atoms with Crippen molar-refractivity contribution in [2.24, 2.45) is 7.05 Å². The van der Waals surface area contributed by atoms with Gasteiger partial charge in [0.25, 0.3) is 5.91 Å². The number of anilines is 1. The standard InChI is InChI=1S/C19H20N8O2/c1-13-17(23-29-22-13)25-8-10-26(11-9-25)19(28)14-5-6-16-20-21-18(27(16)12-14)15-4-3-7-24(15)2/h3-7,12H,8-11H2,1-2H3. The molecule has 1 aliphatic rings. The SMILES string of the molecule is Cc1nonc1N1CCN(C(=O)c2ccc3nnc(-c4cccn4C)n3c2)CC1. The van der Waals surface area contributed by atoms with Crippen LogP contribution >= 0.6 is 0 Å². The van der Waals surface area contributed by atoms with Crippen LogP contribution in [0.2, 0.25) is 0 Å². The molecule has 0 unspecified atom stereocenters. The summed E-state index contributed by atoms with van der Waals surface area (Å²) in [6, 6.07) is 7.56. The number of fused-ring (bicyclic) bond motifs is 1. The Morgan fingerprint density at radius 3 is 2.59 bits per heavy atom. The lowest BCUT2D eigenvalue weighted by atomic mass is 10.2. The maximum absolute atomic E-state index is 13.1. The fourth-order valence-electron chi connectivity index (χ4n) is 3.70. The van der Waals surface area contributed by atoms with E-state index in [1.165, 1.54) is 0 Å². The molecule has 1 amide bonds. The van der Waals surface area contributed by atoms with Crippen LogP contribution < -0.4 is 4.90 Å². The molecular weight excluding hydrogens is 372 g/mol. The number of hydrogen-bond acceptors (Lipinski definition) is 7. The second-order valence-corrected chi connectivity index (χ2v) is 7.13. The van der Waals surface area contributed by atoms with E-state index >= 15 is 0 Å². The van der Waals surface area contributed by atoms with Crippen molar-refractivity contribution in [1.82, 2.24) is 34.4 Å². The minimum atomic E-state index is -0.00641. The molecule has 5 rings (SSSR count). The van der Waals surface area contributed by atoms with Gasteiger partial charge >= 0.3 is 0 Å². The Bertz CT molecular complexity index is 1180. The van der Waals surface area contributed by atoms with E-state index in [1.54, 1.807) is 6.07 Å². The molecule has 10 nitrogen and oxygen atoms in total. The quantitative estimate of drug-likeness (QED) is 0.520. The van der Waals surface area contributed by atoms with Crippen LogP contribution in [0.25, 0.3) is 17.2 Å². The molecule has 1 saturated heterocycles. The smallest absolute Gasteiger partial charge is 0.255 e. The maximum atomic E-state index is 13.1. The van der Waals surface area contributed by atoms with Crippen molar-refractivity contribution in [3.63, 3.8) is 0 Å². The third-order valence-corrected chi connectivity index (χ3v) is 5.32. The second-order valence-electron chi connectivity index (χ2n) is 7.13. The summed E-state index contributed by atoms with van der Waals surface area (Å²) in [6.45, 7) is 4.45. The van der Waals surface area contributed by atoms with Gasteiger partial charge in [-0.25, -0.2) is 4.63 Å². The van der Waals surface area contributed by atoms with Crippen molar-refractivity contribution in [2.75, 3.05) is 31.1 Å². The van der Waals surface area contributed by atoms with Crippen molar-refractivity contribution in [3.05, 3.63) is 47.9 Å². The van der Waals surface area contributed by atoms with Crippen LogP contribution in [-0.4, -0.2) is 66.5 Å². The number of piperazine rings is 1. The molecule has 0 aliphatic carbocycles. The molecule has 148 valence electrons. The van der Waals surface area contributed by atoms with E-state index in [0.717, 1.165) is 17.2 Å². The van der Waals surface area contributed by atoms with Crippen molar-refractivity contribution < 1.29 is 9.42 Å². The molecule has 5 heterocycles. The van der Waals surface area contributed by atoms with Gasteiger partial charge in [-0.1, -0.05) is 5.16 Å². The normalized spacial score (nSPS) is 14.7. The predicted molar refractivity (Wildman–Crippen MR) is 105 cm³/mol. The maximum Gasteiger partial charge on any atom is 0.255 e. The van der Waals surface area contributed by atoms with Crippen LogP contribution in [0.15, 0.2) is 41.3 Å². The Morgan fingerprint density at radius 2 is 1.90 bits per heavy atom. The lowest BCUT2D eigenvalue weighted by molar-refractivity contribution is 0.0746. The van der Waals surface area contributed by atoms with Crippen molar-refractivity contribution in [2.45, 2.75) is 6.92 Å². The molecule has 0 atom stereocenters. The molecule has 0 N–H and O–H groups in total.